The Labute approximate surface area is 114 Å². The van der Waals surface area contributed by atoms with Crippen LogP contribution >= 0.6 is 11.3 Å². The number of hydrogen-bond acceptors (Lipinski definition) is 5. The largest absolute Gasteiger partial charge is 0.375 e. The van der Waals surface area contributed by atoms with E-state index in [1.165, 1.54) is 18.3 Å². The number of benzene rings is 1. The van der Waals surface area contributed by atoms with E-state index in [1.54, 1.807) is 18.2 Å². The first-order chi connectivity index (χ1) is 9.06. The predicted octanol–water partition coefficient (Wildman–Crippen LogP) is 0.744. The quantitative estimate of drug-likeness (QED) is 0.719. The molecule has 7 heteroatoms. The Hall–Kier alpha value is -2.15. The highest BCUT2D eigenvalue weighted by Crippen LogP contribution is 2.24. The van der Waals surface area contributed by atoms with Crippen LogP contribution in [0, 0.1) is 0 Å². The molecule has 0 spiro atoms. The zero-order valence-electron chi connectivity index (χ0n) is 10.4. The van der Waals surface area contributed by atoms with Crippen LogP contribution in [-0.2, 0) is 4.79 Å². The number of amides is 2. The Morgan fingerprint density at radius 2 is 2.05 bits per heavy atom. The summed E-state index contributed by atoms with van der Waals surface area (Å²) in [5, 5.41) is 5.82. The minimum absolute atomic E-state index is 0.115. The Morgan fingerprint density at radius 3 is 2.79 bits per heavy atom. The molecule has 0 saturated heterocycles. The van der Waals surface area contributed by atoms with E-state index in [4.69, 9.17) is 5.73 Å². The minimum atomic E-state index is -0.181. The number of nitrogens with zero attached hydrogens (tertiary/aromatic N) is 1. The van der Waals surface area contributed by atoms with Crippen LogP contribution in [0.5, 0.6) is 0 Å². The molecule has 1 aromatic carbocycles. The topological polar surface area (TPSA) is 97.1 Å². The van der Waals surface area contributed by atoms with E-state index >= 15 is 0 Å². The zero-order chi connectivity index (χ0) is 13.8. The summed E-state index contributed by atoms with van der Waals surface area (Å²) >= 11 is 1.35. The van der Waals surface area contributed by atoms with Crippen LogP contribution in [0.2, 0.25) is 0 Å². The SMILES string of the molecule is CC(=O)NCCNC(=O)c1ccc2nc(N)sc2c1. The molecule has 0 aliphatic heterocycles. The zero-order valence-corrected chi connectivity index (χ0v) is 11.2. The number of rotatable bonds is 4. The van der Waals surface area contributed by atoms with Crippen molar-refractivity contribution in [2.24, 2.45) is 0 Å². The molecule has 2 amide bonds. The van der Waals surface area contributed by atoms with Crippen molar-refractivity contribution in [1.82, 2.24) is 15.6 Å². The van der Waals surface area contributed by atoms with Crippen molar-refractivity contribution >= 4 is 38.5 Å². The molecule has 0 fully saturated rings. The van der Waals surface area contributed by atoms with Crippen molar-refractivity contribution in [3.8, 4) is 0 Å². The Bertz CT molecular complexity index is 623. The second kappa shape index (κ2) is 5.66. The van der Waals surface area contributed by atoms with Gasteiger partial charge in [0.25, 0.3) is 5.91 Å². The summed E-state index contributed by atoms with van der Waals surface area (Å²) in [5.74, 6) is -0.296. The lowest BCUT2D eigenvalue weighted by Gasteiger charge is -2.05. The molecule has 1 heterocycles. The molecule has 0 aliphatic carbocycles. The lowest BCUT2D eigenvalue weighted by Crippen LogP contribution is -2.33. The number of nitrogens with one attached hydrogen (secondary N) is 2. The number of carbonyl (C=O) groups excluding carboxylic acids is 2. The molecular weight excluding hydrogens is 264 g/mol. The van der Waals surface area contributed by atoms with Gasteiger partial charge in [0.05, 0.1) is 10.2 Å². The van der Waals surface area contributed by atoms with Crippen molar-refractivity contribution in [2.75, 3.05) is 18.8 Å². The first-order valence-corrected chi connectivity index (χ1v) is 6.56. The number of carbonyl (C=O) groups is 2. The third kappa shape index (κ3) is 3.41. The van der Waals surface area contributed by atoms with Crippen LogP contribution in [0.1, 0.15) is 17.3 Å². The molecular formula is C12H14N4O2S. The smallest absolute Gasteiger partial charge is 0.251 e. The number of anilines is 1. The van der Waals surface area contributed by atoms with Gasteiger partial charge in [-0.1, -0.05) is 11.3 Å². The van der Waals surface area contributed by atoms with E-state index in [0.29, 0.717) is 23.8 Å². The lowest BCUT2D eigenvalue weighted by molar-refractivity contribution is -0.118. The number of hydrogen-bond donors (Lipinski definition) is 3. The average Bonchev–Trinajstić information content (AvgIpc) is 2.73. The summed E-state index contributed by atoms with van der Waals surface area (Å²) < 4.78 is 0.881. The molecule has 0 bridgehead atoms. The monoisotopic (exact) mass is 278 g/mol. The van der Waals surface area contributed by atoms with E-state index in [2.05, 4.69) is 15.6 Å². The van der Waals surface area contributed by atoms with Gasteiger partial charge in [0.15, 0.2) is 5.13 Å². The fraction of sp³-hybridized carbons (Fsp3) is 0.250. The van der Waals surface area contributed by atoms with Gasteiger partial charge in [-0.15, -0.1) is 0 Å². The van der Waals surface area contributed by atoms with Crippen molar-refractivity contribution in [2.45, 2.75) is 6.92 Å². The number of fused-ring (bicyclic) bond motifs is 1. The van der Waals surface area contributed by atoms with Gasteiger partial charge < -0.3 is 16.4 Å². The Balaban J connectivity index is 1.98. The molecule has 1 aromatic heterocycles. The second-order valence-electron chi connectivity index (χ2n) is 3.97. The van der Waals surface area contributed by atoms with E-state index in [-0.39, 0.29) is 11.8 Å². The molecule has 2 rings (SSSR count). The highest BCUT2D eigenvalue weighted by atomic mass is 32.1. The first kappa shape index (κ1) is 13.3. The molecule has 4 N–H and O–H groups in total. The third-order valence-electron chi connectivity index (χ3n) is 2.45. The van der Waals surface area contributed by atoms with Crippen molar-refractivity contribution < 1.29 is 9.59 Å². The maximum atomic E-state index is 11.9. The second-order valence-corrected chi connectivity index (χ2v) is 5.04. The van der Waals surface area contributed by atoms with E-state index in [9.17, 15) is 9.59 Å². The van der Waals surface area contributed by atoms with E-state index in [0.717, 1.165) is 10.2 Å². The maximum Gasteiger partial charge on any atom is 0.251 e. The molecule has 2 aromatic rings. The normalized spacial score (nSPS) is 10.4. The van der Waals surface area contributed by atoms with Crippen LogP contribution in [0.3, 0.4) is 0 Å². The predicted molar refractivity (Wildman–Crippen MR) is 75.0 cm³/mol. The van der Waals surface area contributed by atoms with Crippen LogP contribution in [0.4, 0.5) is 5.13 Å². The summed E-state index contributed by atoms with van der Waals surface area (Å²) in [6, 6.07) is 5.23. The fourth-order valence-corrected chi connectivity index (χ4v) is 2.37. The van der Waals surface area contributed by atoms with Crippen LogP contribution in [0.25, 0.3) is 10.2 Å². The van der Waals surface area contributed by atoms with E-state index < -0.39 is 0 Å². The summed E-state index contributed by atoms with van der Waals surface area (Å²) in [5.41, 5.74) is 6.95. The van der Waals surface area contributed by atoms with Crippen molar-refractivity contribution in [3.63, 3.8) is 0 Å². The standard InChI is InChI=1S/C12H14N4O2S/c1-7(17)14-4-5-15-11(18)8-2-3-9-10(6-8)19-12(13)16-9/h2-3,6H,4-5H2,1H3,(H2,13,16)(H,14,17)(H,15,18). The molecule has 0 atom stereocenters. The summed E-state index contributed by atoms with van der Waals surface area (Å²) in [6.45, 7) is 2.24. The summed E-state index contributed by atoms with van der Waals surface area (Å²) in [7, 11) is 0. The number of aromatic nitrogens is 1. The highest BCUT2D eigenvalue weighted by Gasteiger charge is 2.08. The van der Waals surface area contributed by atoms with Gasteiger partial charge >= 0.3 is 0 Å². The molecule has 0 aliphatic rings. The summed E-state index contributed by atoms with van der Waals surface area (Å²) in [4.78, 5) is 26.7. The number of nitrogens with two attached hydrogens (primary N) is 1. The van der Waals surface area contributed by atoms with Crippen molar-refractivity contribution in [3.05, 3.63) is 23.8 Å². The van der Waals surface area contributed by atoms with Gasteiger partial charge in [0.1, 0.15) is 0 Å². The average molecular weight is 278 g/mol. The van der Waals surface area contributed by atoms with Gasteiger partial charge in [-0.2, -0.15) is 0 Å². The molecule has 19 heavy (non-hydrogen) atoms. The number of nitrogen functional groups attached to an aromatic ring is 1. The van der Waals surface area contributed by atoms with Crippen molar-refractivity contribution in [1.29, 1.82) is 0 Å². The third-order valence-corrected chi connectivity index (χ3v) is 3.30. The number of thiazole rings is 1. The minimum Gasteiger partial charge on any atom is -0.375 e. The van der Waals surface area contributed by atoms with Gasteiger partial charge in [0, 0.05) is 25.6 Å². The van der Waals surface area contributed by atoms with Crippen LogP contribution < -0.4 is 16.4 Å². The van der Waals surface area contributed by atoms with Gasteiger partial charge in [-0.3, -0.25) is 9.59 Å². The highest BCUT2D eigenvalue weighted by molar-refractivity contribution is 7.22. The molecule has 0 radical (unpaired) electrons. The van der Waals surface area contributed by atoms with Crippen LogP contribution in [-0.4, -0.2) is 29.9 Å². The molecule has 0 saturated carbocycles. The van der Waals surface area contributed by atoms with Gasteiger partial charge in [-0.05, 0) is 18.2 Å². The van der Waals surface area contributed by atoms with Gasteiger partial charge in [-0.25, -0.2) is 4.98 Å². The Morgan fingerprint density at radius 1 is 1.32 bits per heavy atom. The molecule has 0 unspecified atom stereocenters. The lowest BCUT2D eigenvalue weighted by atomic mass is 10.2. The van der Waals surface area contributed by atoms with Gasteiger partial charge in [0.2, 0.25) is 5.91 Å². The van der Waals surface area contributed by atoms with E-state index in [1.807, 2.05) is 0 Å². The first-order valence-electron chi connectivity index (χ1n) is 5.75. The summed E-state index contributed by atoms with van der Waals surface area (Å²) in [6.07, 6.45) is 0. The van der Waals surface area contributed by atoms with Crippen LogP contribution in [0.15, 0.2) is 18.2 Å². The Kier molecular flexibility index (Phi) is 3.96. The fourth-order valence-electron chi connectivity index (χ4n) is 1.60. The molecule has 100 valence electrons. The maximum absolute atomic E-state index is 11.9. The molecule has 6 nitrogen and oxygen atoms in total.